The highest BCUT2D eigenvalue weighted by atomic mass is 16.6. The summed E-state index contributed by atoms with van der Waals surface area (Å²) in [5.41, 5.74) is 9.61. The van der Waals surface area contributed by atoms with Crippen molar-refractivity contribution in [2.24, 2.45) is 11.8 Å². The smallest absolute Gasteiger partial charge is 0.343 e. The predicted molar refractivity (Wildman–Crippen MR) is 166 cm³/mol. The molecule has 0 aromatic heterocycles. The van der Waals surface area contributed by atoms with Gasteiger partial charge in [0.15, 0.2) is 6.61 Å². The molecule has 5 nitrogen and oxygen atoms in total. The second-order valence-corrected chi connectivity index (χ2v) is 11.9. The molecular formula is C36H46O5. The van der Waals surface area contributed by atoms with Crippen LogP contribution in [0.15, 0.2) is 54.6 Å². The minimum atomic E-state index is -0.393. The Hall–Kier alpha value is -3.60. The average Bonchev–Trinajstić information content (AvgIpc) is 2.94. The molecule has 0 bridgehead atoms. The number of methoxy groups -OCH3 is 2. The Morgan fingerprint density at radius 1 is 0.683 bits per heavy atom. The van der Waals surface area contributed by atoms with Gasteiger partial charge in [-0.1, -0.05) is 84.0 Å². The molecule has 0 aliphatic carbocycles. The van der Waals surface area contributed by atoms with E-state index >= 15 is 0 Å². The van der Waals surface area contributed by atoms with Crippen LogP contribution in [0, 0.1) is 11.8 Å². The van der Waals surface area contributed by atoms with Crippen molar-refractivity contribution in [3.8, 4) is 28.0 Å². The van der Waals surface area contributed by atoms with Gasteiger partial charge in [-0.3, -0.25) is 4.79 Å². The molecule has 3 aromatic rings. The number of aryl methyl sites for hydroxylation is 1. The minimum absolute atomic E-state index is 0.104. The summed E-state index contributed by atoms with van der Waals surface area (Å²) in [6, 6.07) is 19.6. The molecule has 0 saturated heterocycles. The number of hydrogen-bond acceptors (Lipinski definition) is 5. The van der Waals surface area contributed by atoms with Crippen molar-refractivity contribution in [2.45, 2.75) is 73.1 Å². The highest BCUT2D eigenvalue weighted by Crippen LogP contribution is 2.37. The van der Waals surface area contributed by atoms with Crippen LogP contribution in [0.2, 0.25) is 0 Å². The average molecular weight is 559 g/mol. The maximum atomic E-state index is 11.7. The molecule has 41 heavy (non-hydrogen) atoms. The number of rotatable bonds is 13. The lowest BCUT2D eigenvalue weighted by Crippen LogP contribution is -2.13. The van der Waals surface area contributed by atoms with E-state index in [-0.39, 0.29) is 12.6 Å². The molecule has 3 aromatic carbocycles. The van der Waals surface area contributed by atoms with Crippen LogP contribution in [0.3, 0.4) is 0 Å². The van der Waals surface area contributed by atoms with E-state index in [0.29, 0.717) is 30.6 Å². The van der Waals surface area contributed by atoms with Crippen LogP contribution in [0.1, 0.15) is 76.1 Å². The second-order valence-electron chi connectivity index (χ2n) is 11.9. The summed E-state index contributed by atoms with van der Waals surface area (Å²) >= 11 is 0. The molecule has 0 spiro atoms. The third-order valence-corrected chi connectivity index (χ3v) is 7.20. The molecular weight excluding hydrogens is 512 g/mol. The first-order chi connectivity index (χ1) is 19.5. The fraction of sp³-hybridized carbons (Fsp3) is 0.444. The van der Waals surface area contributed by atoms with Crippen LogP contribution >= 0.6 is 0 Å². The number of hydrogen-bond donors (Lipinski definition) is 0. The molecule has 0 unspecified atom stereocenters. The van der Waals surface area contributed by atoms with Crippen LogP contribution in [-0.4, -0.2) is 32.8 Å². The zero-order chi connectivity index (χ0) is 30.1. The van der Waals surface area contributed by atoms with Crippen LogP contribution in [0.4, 0.5) is 0 Å². The summed E-state index contributed by atoms with van der Waals surface area (Å²) in [7, 11) is 2.80. The van der Waals surface area contributed by atoms with E-state index in [2.05, 4.69) is 90.1 Å². The summed E-state index contributed by atoms with van der Waals surface area (Å²) < 4.78 is 15.4. The fourth-order valence-corrected chi connectivity index (χ4v) is 5.19. The van der Waals surface area contributed by atoms with Crippen molar-refractivity contribution in [3.05, 3.63) is 76.9 Å². The normalized spacial score (nSPS) is 11.3. The van der Waals surface area contributed by atoms with Crippen LogP contribution in [0.25, 0.3) is 22.3 Å². The SMILES string of the molecule is COC(=O)CCc1ccc(-c2ccc(-c3ccc(OCC(=O)OC)c(CC(C)C)c3)c(C(C)C)c2)c(CC(C)C)c1. The zero-order valence-corrected chi connectivity index (χ0v) is 26.0. The topological polar surface area (TPSA) is 61.8 Å². The Bertz CT molecular complexity index is 1340. The van der Waals surface area contributed by atoms with Crippen LogP contribution in [-0.2, 0) is 38.3 Å². The first kappa shape index (κ1) is 31.9. The minimum Gasteiger partial charge on any atom is -0.482 e. The van der Waals surface area contributed by atoms with E-state index in [1.54, 1.807) is 0 Å². The molecule has 3 rings (SSSR count). The van der Waals surface area contributed by atoms with E-state index in [1.807, 2.05) is 6.07 Å². The van der Waals surface area contributed by atoms with Crippen molar-refractivity contribution >= 4 is 11.9 Å². The Labute approximate surface area is 246 Å². The van der Waals surface area contributed by atoms with Gasteiger partial charge in [-0.05, 0) is 93.7 Å². The lowest BCUT2D eigenvalue weighted by Gasteiger charge is -2.20. The molecule has 5 heteroatoms. The second kappa shape index (κ2) is 14.9. The summed E-state index contributed by atoms with van der Waals surface area (Å²) in [6.45, 7) is 13.2. The predicted octanol–water partition coefficient (Wildman–Crippen LogP) is 8.20. The van der Waals surface area contributed by atoms with Gasteiger partial charge in [-0.25, -0.2) is 4.79 Å². The molecule has 0 aliphatic heterocycles. The zero-order valence-electron chi connectivity index (χ0n) is 26.0. The fourth-order valence-electron chi connectivity index (χ4n) is 5.19. The van der Waals surface area contributed by atoms with E-state index in [4.69, 9.17) is 14.2 Å². The highest BCUT2D eigenvalue weighted by molar-refractivity contribution is 5.77. The summed E-state index contributed by atoms with van der Waals surface area (Å²) in [5, 5.41) is 0. The standard InChI is InChI=1S/C36H46O5/c1-23(2)17-29-19-26(10-16-35(37)39-7)9-13-31(29)28-11-14-32(33(21-28)25(5)6)27-12-15-34(41-22-36(38)40-8)30(20-27)18-24(3)4/h9,11-15,19-21,23-25H,10,16-18,22H2,1-8H3. The van der Waals surface area contributed by atoms with Crippen molar-refractivity contribution in [2.75, 3.05) is 20.8 Å². The van der Waals surface area contributed by atoms with E-state index < -0.39 is 5.97 Å². The lowest BCUT2D eigenvalue weighted by molar-refractivity contribution is -0.143. The molecule has 0 amide bonds. The Balaban J connectivity index is 2.03. The number of ether oxygens (including phenoxy) is 3. The molecule has 0 saturated carbocycles. The molecule has 220 valence electrons. The summed E-state index contributed by atoms with van der Waals surface area (Å²) in [4.78, 5) is 23.4. The Morgan fingerprint density at radius 2 is 1.29 bits per heavy atom. The Kier molecular flexibility index (Phi) is 11.6. The largest absolute Gasteiger partial charge is 0.482 e. The molecule has 0 radical (unpaired) electrons. The lowest BCUT2D eigenvalue weighted by atomic mass is 9.86. The monoisotopic (exact) mass is 558 g/mol. The molecule has 0 atom stereocenters. The van der Waals surface area contributed by atoms with Gasteiger partial charge >= 0.3 is 11.9 Å². The molecule has 0 N–H and O–H groups in total. The van der Waals surface area contributed by atoms with Gasteiger partial charge in [0.2, 0.25) is 0 Å². The Morgan fingerprint density at radius 3 is 1.93 bits per heavy atom. The van der Waals surface area contributed by atoms with Gasteiger partial charge in [-0.15, -0.1) is 0 Å². The van der Waals surface area contributed by atoms with Crippen molar-refractivity contribution in [1.29, 1.82) is 0 Å². The van der Waals surface area contributed by atoms with Gasteiger partial charge in [0.05, 0.1) is 14.2 Å². The maximum absolute atomic E-state index is 11.7. The molecule has 0 fully saturated rings. The maximum Gasteiger partial charge on any atom is 0.343 e. The van der Waals surface area contributed by atoms with Gasteiger partial charge in [0.25, 0.3) is 0 Å². The van der Waals surface area contributed by atoms with Crippen LogP contribution < -0.4 is 4.74 Å². The van der Waals surface area contributed by atoms with Crippen molar-refractivity contribution in [3.63, 3.8) is 0 Å². The first-order valence-electron chi connectivity index (χ1n) is 14.7. The molecule has 0 aliphatic rings. The van der Waals surface area contributed by atoms with E-state index in [9.17, 15) is 9.59 Å². The van der Waals surface area contributed by atoms with Gasteiger partial charge in [-0.2, -0.15) is 0 Å². The number of benzene rings is 3. The summed E-state index contributed by atoms with van der Waals surface area (Å²) in [6.07, 6.45) is 2.87. The third-order valence-electron chi connectivity index (χ3n) is 7.20. The third kappa shape index (κ3) is 8.94. The molecule has 0 heterocycles. The summed E-state index contributed by atoms with van der Waals surface area (Å²) in [5.74, 6) is 1.41. The number of carbonyl (C=O) groups excluding carboxylic acids is 2. The van der Waals surface area contributed by atoms with Gasteiger partial charge in [0, 0.05) is 6.42 Å². The first-order valence-corrected chi connectivity index (χ1v) is 14.7. The number of carbonyl (C=O) groups is 2. The quantitative estimate of drug-likeness (QED) is 0.198. The number of esters is 2. The van der Waals surface area contributed by atoms with Crippen molar-refractivity contribution < 1.29 is 23.8 Å². The van der Waals surface area contributed by atoms with Gasteiger partial charge in [0.1, 0.15) is 5.75 Å². The van der Waals surface area contributed by atoms with E-state index in [1.165, 1.54) is 42.0 Å². The van der Waals surface area contributed by atoms with Crippen LogP contribution in [0.5, 0.6) is 5.75 Å². The highest BCUT2D eigenvalue weighted by Gasteiger charge is 2.17. The van der Waals surface area contributed by atoms with E-state index in [0.717, 1.165) is 35.3 Å². The van der Waals surface area contributed by atoms with Crippen molar-refractivity contribution in [1.82, 2.24) is 0 Å². The van der Waals surface area contributed by atoms with Gasteiger partial charge < -0.3 is 14.2 Å².